The number of aromatic nitrogens is 4. The van der Waals surface area contributed by atoms with Crippen molar-refractivity contribution in [3.8, 4) is 34.0 Å². The monoisotopic (exact) mass is 712 g/mol. The number of rotatable bonds is 4. The van der Waals surface area contributed by atoms with Gasteiger partial charge in [-0.3, -0.25) is 0 Å². The molecule has 3 heterocycles. The van der Waals surface area contributed by atoms with Crippen LogP contribution in [0.2, 0.25) is 0 Å². The van der Waals surface area contributed by atoms with Crippen LogP contribution in [-0.2, 0) is 0 Å². The first-order valence-corrected chi connectivity index (χ1v) is 19.1. The van der Waals surface area contributed by atoms with Gasteiger partial charge in [-0.05, 0) is 76.1 Å². The van der Waals surface area contributed by atoms with Crippen LogP contribution in [0.4, 0.5) is 0 Å². The molecule has 0 saturated carbocycles. The molecular weight excluding hydrogens is 681 g/mol. The number of nitrogens with zero attached hydrogens (tertiary/aromatic N) is 4. The van der Waals surface area contributed by atoms with E-state index in [9.17, 15) is 0 Å². The first-order chi connectivity index (χ1) is 27.8. The Morgan fingerprint density at radius 3 is 1.68 bits per heavy atom. The summed E-state index contributed by atoms with van der Waals surface area (Å²) >= 11 is 0. The molecule has 4 nitrogen and oxygen atoms in total. The van der Waals surface area contributed by atoms with E-state index >= 15 is 0 Å². The molecule has 4 heteroatoms. The zero-order chi connectivity index (χ0) is 36.7. The van der Waals surface area contributed by atoms with Crippen molar-refractivity contribution in [3.05, 3.63) is 194 Å². The Balaban J connectivity index is 1.21. The molecule has 0 unspecified atom stereocenters. The lowest BCUT2D eigenvalue weighted by molar-refractivity contribution is 1.15. The molecule has 9 aromatic carbocycles. The fourth-order valence-corrected chi connectivity index (χ4v) is 9.10. The summed E-state index contributed by atoms with van der Waals surface area (Å²) in [6.45, 7) is 0. The van der Waals surface area contributed by atoms with E-state index in [2.05, 4.69) is 191 Å². The molecule has 0 aliphatic carbocycles. The van der Waals surface area contributed by atoms with Crippen LogP contribution in [-0.4, -0.2) is 19.1 Å². The van der Waals surface area contributed by atoms with Crippen LogP contribution < -0.4 is 0 Å². The Morgan fingerprint density at radius 1 is 0.321 bits per heavy atom. The third-order valence-corrected chi connectivity index (χ3v) is 11.5. The van der Waals surface area contributed by atoms with Crippen molar-refractivity contribution in [3.63, 3.8) is 0 Å². The van der Waals surface area contributed by atoms with Gasteiger partial charge in [-0.1, -0.05) is 140 Å². The van der Waals surface area contributed by atoms with E-state index in [1.54, 1.807) is 0 Å². The maximum Gasteiger partial charge on any atom is 0.160 e. The molecule has 0 aliphatic heterocycles. The average molecular weight is 713 g/mol. The molecule has 0 fully saturated rings. The Morgan fingerprint density at radius 2 is 0.893 bits per heavy atom. The number of para-hydroxylation sites is 3. The molecule has 0 bridgehead atoms. The minimum atomic E-state index is 0.708. The lowest BCUT2D eigenvalue weighted by atomic mass is 9.96. The zero-order valence-corrected chi connectivity index (χ0v) is 30.3. The number of hydrogen-bond acceptors (Lipinski definition) is 2. The second-order valence-corrected chi connectivity index (χ2v) is 14.5. The standard InChI is InChI=1S/C52H32N4/c1-3-16-34(17-4-1)49-41-23-11-13-25-43(41)53-52(54-49)35-27-30-37(31-28-35)56-45-32-29-33-15-7-8-20-38(33)47(45)48-40-22-10-9-21-39(40)46-42-24-12-14-26-44(42)55(50(46)51(48)56)36-18-5-2-6-19-36/h1-32H. The lowest BCUT2D eigenvalue weighted by Crippen LogP contribution is -1.99. The smallest absolute Gasteiger partial charge is 0.160 e. The van der Waals surface area contributed by atoms with Crippen LogP contribution in [0.15, 0.2) is 194 Å². The highest BCUT2D eigenvalue weighted by Crippen LogP contribution is 2.48. The van der Waals surface area contributed by atoms with E-state index in [1.165, 1.54) is 65.2 Å². The van der Waals surface area contributed by atoms with Crippen LogP contribution in [0.5, 0.6) is 0 Å². The Bertz CT molecular complexity index is 3510. The van der Waals surface area contributed by atoms with Crippen molar-refractivity contribution >= 4 is 76.1 Å². The first kappa shape index (κ1) is 30.9. The Hall–Kier alpha value is -7.56. The van der Waals surface area contributed by atoms with Crippen molar-refractivity contribution in [2.75, 3.05) is 0 Å². The molecule has 0 saturated heterocycles. The second-order valence-electron chi connectivity index (χ2n) is 14.5. The predicted octanol–water partition coefficient (Wildman–Crippen LogP) is 13.5. The van der Waals surface area contributed by atoms with E-state index in [-0.39, 0.29) is 0 Å². The molecule has 0 radical (unpaired) electrons. The van der Waals surface area contributed by atoms with Gasteiger partial charge in [0.15, 0.2) is 5.82 Å². The molecule has 0 N–H and O–H groups in total. The Labute approximate surface area is 322 Å². The average Bonchev–Trinajstić information content (AvgIpc) is 3.81. The minimum Gasteiger partial charge on any atom is -0.307 e. The van der Waals surface area contributed by atoms with Gasteiger partial charge < -0.3 is 9.13 Å². The minimum absolute atomic E-state index is 0.708. The summed E-state index contributed by atoms with van der Waals surface area (Å²) in [5.41, 5.74) is 10.9. The topological polar surface area (TPSA) is 35.6 Å². The molecule has 0 amide bonds. The van der Waals surface area contributed by atoms with Crippen LogP contribution in [0, 0.1) is 0 Å². The summed E-state index contributed by atoms with van der Waals surface area (Å²) in [7, 11) is 0. The molecule has 0 atom stereocenters. The van der Waals surface area contributed by atoms with E-state index in [4.69, 9.17) is 9.97 Å². The highest BCUT2D eigenvalue weighted by Gasteiger charge is 2.25. The number of hydrogen-bond donors (Lipinski definition) is 0. The fraction of sp³-hybridized carbons (Fsp3) is 0. The van der Waals surface area contributed by atoms with Gasteiger partial charge in [0, 0.05) is 49.4 Å². The van der Waals surface area contributed by atoms with Gasteiger partial charge in [-0.2, -0.15) is 0 Å². The maximum absolute atomic E-state index is 5.19. The quantitative estimate of drug-likeness (QED) is 0.182. The van der Waals surface area contributed by atoms with E-state index in [0.717, 1.165) is 39.1 Å². The van der Waals surface area contributed by atoms with E-state index in [1.807, 2.05) is 12.1 Å². The largest absolute Gasteiger partial charge is 0.307 e. The number of benzene rings is 9. The summed E-state index contributed by atoms with van der Waals surface area (Å²) in [5.74, 6) is 0.708. The van der Waals surface area contributed by atoms with Crippen molar-refractivity contribution in [1.82, 2.24) is 19.1 Å². The third kappa shape index (κ3) is 4.41. The van der Waals surface area contributed by atoms with Crippen LogP contribution >= 0.6 is 0 Å². The van der Waals surface area contributed by atoms with Gasteiger partial charge in [0.1, 0.15) is 0 Å². The van der Waals surface area contributed by atoms with Crippen molar-refractivity contribution in [2.24, 2.45) is 0 Å². The molecule has 3 aromatic heterocycles. The molecular formula is C52H32N4. The zero-order valence-electron chi connectivity index (χ0n) is 30.3. The van der Waals surface area contributed by atoms with E-state index < -0.39 is 0 Å². The molecule has 12 rings (SSSR count). The highest BCUT2D eigenvalue weighted by molar-refractivity contribution is 6.39. The van der Waals surface area contributed by atoms with Crippen LogP contribution in [0.3, 0.4) is 0 Å². The van der Waals surface area contributed by atoms with Gasteiger partial charge in [-0.15, -0.1) is 0 Å². The predicted molar refractivity (Wildman–Crippen MR) is 234 cm³/mol. The fourth-order valence-electron chi connectivity index (χ4n) is 9.10. The summed E-state index contributed by atoms with van der Waals surface area (Å²) in [6, 6.07) is 69.5. The highest BCUT2D eigenvalue weighted by atomic mass is 15.0. The maximum atomic E-state index is 5.19. The van der Waals surface area contributed by atoms with Crippen molar-refractivity contribution in [2.45, 2.75) is 0 Å². The van der Waals surface area contributed by atoms with Crippen molar-refractivity contribution in [1.29, 1.82) is 0 Å². The molecule has 0 spiro atoms. The van der Waals surface area contributed by atoms with Gasteiger partial charge in [-0.25, -0.2) is 9.97 Å². The third-order valence-electron chi connectivity index (χ3n) is 11.5. The summed E-state index contributed by atoms with van der Waals surface area (Å²) in [5, 5.41) is 11.0. The van der Waals surface area contributed by atoms with E-state index in [0.29, 0.717) is 5.82 Å². The van der Waals surface area contributed by atoms with Gasteiger partial charge in [0.25, 0.3) is 0 Å². The van der Waals surface area contributed by atoms with Gasteiger partial charge >= 0.3 is 0 Å². The van der Waals surface area contributed by atoms with Gasteiger partial charge in [0.05, 0.1) is 33.3 Å². The molecule has 12 aromatic rings. The molecule has 0 aliphatic rings. The number of fused-ring (bicyclic) bond motifs is 13. The summed E-state index contributed by atoms with van der Waals surface area (Å²) in [4.78, 5) is 10.3. The van der Waals surface area contributed by atoms with Crippen LogP contribution in [0.1, 0.15) is 0 Å². The second kappa shape index (κ2) is 12.0. The SMILES string of the molecule is c1ccc(-c2nc(-c3ccc(-n4c5ccc6ccccc6c5c5c6ccccc6c6c7ccccc7n(-c7ccccc7)c6c54)cc3)nc3ccccc23)cc1. The van der Waals surface area contributed by atoms with Crippen molar-refractivity contribution < 1.29 is 0 Å². The lowest BCUT2D eigenvalue weighted by Gasteiger charge is -2.14. The molecule has 260 valence electrons. The Kier molecular flexibility index (Phi) is 6.60. The van der Waals surface area contributed by atoms with Gasteiger partial charge in [0.2, 0.25) is 0 Å². The summed E-state index contributed by atoms with van der Waals surface area (Å²) in [6.07, 6.45) is 0. The summed E-state index contributed by atoms with van der Waals surface area (Å²) < 4.78 is 4.96. The normalized spacial score (nSPS) is 11.9. The van der Waals surface area contributed by atoms with Crippen LogP contribution in [0.25, 0.3) is 110 Å². The first-order valence-electron chi connectivity index (χ1n) is 19.1. The molecule has 56 heavy (non-hydrogen) atoms.